The Labute approximate surface area is 131 Å². The van der Waals surface area contributed by atoms with E-state index < -0.39 is 0 Å². The average Bonchev–Trinajstić information content (AvgIpc) is 2.46. The maximum Gasteiger partial charge on any atom is 1.00 e. The molecule has 0 saturated carbocycles. The molecule has 2 aliphatic rings. The molecule has 13 heavy (non-hydrogen) atoms. The Morgan fingerprint density at radius 2 is 2.08 bits per heavy atom. The number of nitrogens with zero attached hydrogens (tertiary/aromatic N) is 2. The standard InChI is InChI=1S/C10H19N2.Rb/c1-8(2)12-6-9-4-3-5-11-10(9)7-12;/h8-10H,3-7H2,1-2H3;/q-1;+1. The van der Waals surface area contributed by atoms with Gasteiger partial charge < -0.3 is 10.2 Å². The number of rotatable bonds is 1. The molecule has 0 bridgehead atoms. The van der Waals surface area contributed by atoms with Gasteiger partial charge in [0, 0.05) is 6.04 Å². The van der Waals surface area contributed by atoms with Crippen LogP contribution in [0.2, 0.25) is 0 Å². The first kappa shape index (κ1) is 12.8. The van der Waals surface area contributed by atoms with Crippen molar-refractivity contribution in [1.82, 2.24) is 4.90 Å². The summed E-state index contributed by atoms with van der Waals surface area (Å²) in [6, 6.07) is 1.40. The van der Waals surface area contributed by atoms with Crippen LogP contribution in [-0.2, 0) is 0 Å². The first-order valence-corrected chi connectivity index (χ1v) is 5.18. The molecular weight excluding hydrogens is 234 g/mol. The smallest absolute Gasteiger partial charge is 0.658 e. The van der Waals surface area contributed by atoms with Gasteiger partial charge in [0.15, 0.2) is 0 Å². The van der Waals surface area contributed by atoms with Crippen LogP contribution in [-0.4, -0.2) is 36.6 Å². The van der Waals surface area contributed by atoms with Crippen molar-refractivity contribution in [2.24, 2.45) is 5.92 Å². The Morgan fingerprint density at radius 1 is 1.31 bits per heavy atom. The normalized spacial score (nSPS) is 34.4. The minimum atomic E-state index is 0. The second-order valence-corrected chi connectivity index (χ2v) is 4.42. The van der Waals surface area contributed by atoms with Crippen molar-refractivity contribution in [2.75, 3.05) is 19.6 Å². The van der Waals surface area contributed by atoms with Crippen LogP contribution >= 0.6 is 0 Å². The van der Waals surface area contributed by atoms with Crippen LogP contribution in [0.4, 0.5) is 0 Å². The molecule has 2 atom stereocenters. The van der Waals surface area contributed by atoms with E-state index in [1.54, 1.807) is 0 Å². The molecule has 0 radical (unpaired) electrons. The predicted molar refractivity (Wildman–Crippen MR) is 51.4 cm³/mol. The minimum absolute atomic E-state index is 0. The molecule has 2 fully saturated rings. The van der Waals surface area contributed by atoms with Crippen molar-refractivity contribution in [3.8, 4) is 0 Å². The van der Waals surface area contributed by atoms with Gasteiger partial charge in [0.1, 0.15) is 0 Å². The van der Waals surface area contributed by atoms with Crippen molar-refractivity contribution < 1.29 is 58.2 Å². The van der Waals surface area contributed by atoms with Gasteiger partial charge >= 0.3 is 58.2 Å². The van der Waals surface area contributed by atoms with E-state index in [1.165, 1.54) is 25.9 Å². The molecule has 2 nitrogen and oxygen atoms in total. The largest absolute Gasteiger partial charge is 1.00 e. The number of likely N-dealkylation sites (tertiary alicyclic amines) is 1. The summed E-state index contributed by atoms with van der Waals surface area (Å²) in [6.07, 6.45) is 2.74. The van der Waals surface area contributed by atoms with E-state index in [0.717, 1.165) is 12.5 Å². The molecule has 2 saturated heterocycles. The van der Waals surface area contributed by atoms with Crippen molar-refractivity contribution in [3.63, 3.8) is 0 Å². The van der Waals surface area contributed by atoms with Gasteiger partial charge in [-0.25, -0.2) is 0 Å². The quantitative estimate of drug-likeness (QED) is 0.577. The topological polar surface area (TPSA) is 17.3 Å². The molecule has 0 aromatic rings. The molecule has 0 spiro atoms. The van der Waals surface area contributed by atoms with Crippen LogP contribution < -0.4 is 58.2 Å². The molecule has 2 rings (SSSR count). The van der Waals surface area contributed by atoms with Crippen LogP contribution in [0.5, 0.6) is 0 Å². The van der Waals surface area contributed by atoms with Crippen molar-refractivity contribution in [1.29, 1.82) is 0 Å². The summed E-state index contributed by atoms with van der Waals surface area (Å²) in [7, 11) is 0. The van der Waals surface area contributed by atoms with Crippen molar-refractivity contribution >= 4 is 0 Å². The summed E-state index contributed by atoms with van der Waals surface area (Å²) in [6.45, 7) is 8.22. The Bertz CT molecular complexity index is 147. The third kappa shape index (κ3) is 3.09. The molecule has 3 heteroatoms. The zero-order valence-corrected chi connectivity index (χ0v) is 14.1. The van der Waals surface area contributed by atoms with E-state index in [4.69, 9.17) is 0 Å². The number of hydrogen-bond acceptors (Lipinski definition) is 1. The number of fused-ring (bicyclic) bond motifs is 1. The van der Waals surface area contributed by atoms with Gasteiger partial charge in [-0.15, -0.1) is 12.6 Å². The minimum Gasteiger partial charge on any atom is -0.658 e. The Morgan fingerprint density at radius 3 is 2.69 bits per heavy atom. The van der Waals surface area contributed by atoms with Gasteiger partial charge in [-0.2, -0.15) is 0 Å². The van der Waals surface area contributed by atoms with Gasteiger partial charge in [0.25, 0.3) is 0 Å². The fraction of sp³-hybridized carbons (Fsp3) is 1.00. The Balaban J connectivity index is 0.000000845. The van der Waals surface area contributed by atoms with Crippen molar-refractivity contribution in [3.05, 3.63) is 5.32 Å². The van der Waals surface area contributed by atoms with Crippen LogP contribution in [0.1, 0.15) is 26.7 Å². The van der Waals surface area contributed by atoms with Gasteiger partial charge in [0.2, 0.25) is 0 Å². The molecule has 0 amide bonds. The SMILES string of the molecule is CC(C)N1CC2CCC[N-]C2C1.[Rb+]. The van der Waals surface area contributed by atoms with Gasteiger partial charge in [-0.3, -0.25) is 0 Å². The molecule has 2 unspecified atom stereocenters. The third-order valence-corrected chi connectivity index (χ3v) is 3.26. The summed E-state index contributed by atoms with van der Waals surface area (Å²) in [5, 5.41) is 4.68. The molecular formula is C10H19N2Rb. The molecule has 0 aromatic heterocycles. The van der Waals surface area contributed by atoms with Crippen LogP contribution in [0.15, 0.2) is 0 Å². The summed E-state index contributed by atoms with van der Waals surface area (Å²) in [4.78, 5) is 2.57. The van der Waals surface area contributed by atoms with E-state index in [-0.39, 0.29) is 58.2 Å². The second kappa shape index (κ2) is 5.71. The molecule has 0 aliphatic carbocycles. The number of piperidine rings is 1. The number of hydrogen-bond donors (Lipinski definition) is 0. The molecule has 2 heterocycles. The fourth-order valence-electron chi connectivity index (χ4n) is 2.41. The molecule has 0 N–H and O–H groups in total. The van der Waals surface area contributed by atoms with Crippen LogP contribution in [0, 0.1) is 5.92 Å². The summed E-state index contributed by atoms with van der Waals surface area (Å²) in [5.74, 6) is 0.890. The van der Waals surface area contributed by atoms with E-state index in [9.17, 15) is 0 Å². The molecule has 70 valence electrons. The van der Waals surface area contributed by atoms with Gasteiger partial charge in [0.05, 0.1) is 0 Å². The second-order valence-electron chi connectivity index (χ2n) is 4.42. The maximum absolute atomic E-state index is 4.68. The summed E-state index contributed by atoms with van der Waals surface area (Å²) in [5.41, 5.74) is 0. The van der Waals surface area contributed by atoms with Crippen LogP contribution in [0.3, 0.4) is 0 Å². The fourth-order valence-corrected chi connectivity index (χ4v) is 2.41. The Hall–Kier alpha value is 1.73. The molecule has 2 aliphatic heterocycles. The van der Waals surface area contributed by atoms with Crippen molar-refractivity contribution in [2.45, 2.75) is 38.8 Å². The zero-order chi connectivity index (χ0) is 8.55. The Kier molecular flexibility index (Phi) is 5.62. The average molecular weight is 253 g/mol. The summed E-state index contributed by atoms with van der Waals surface area (Å²) >= 11 is 0. The molecule has 0 aromatic carbocycles. The third-order valence-electron chi connectivity index (χ3n) is 3.26. The zero-order valence-electron chi connectivity index (χ0n) is 9.16. The van der Waals surface area contributed by atoms with Gasteiger partial charge in [-0.05, 0) is 32.9 Å². The first-order valence-electron chi connectivity index (χ1n) is 5.18. The van der Waals surface area contributed by atoms with E-state index in [0.29, 0.717) is 12.1 Å². The first-order chi connectivity index (χ1) is 5.77. The maximum atomic E-state index is 4.68. The monoisotopic (exact) mass is 252 g/mol. The van der Waals surface area contributed by atoms with E-state index >= 15 is 0 Å². The van der Waals surface area contributed by atoms with Crippen LogP contribution in [0.25, 0.3) is 5.32 Å². The van der Waals surface area contributed by atoms with E-state index in [1.807, 2.05) is 0 Å². The summed E-state index contributed by atoms with van der Waals surface area (Å²) < 4.78 is 0. The van der Waals surface area contributed by atoms with E-state index in [2.05, 4.69) is 24.1 Å². The predicted octanol–water partition coefficient (Wildman–Crippen LogP) is -1.13. The van der Waals surface area contributed by atoms with Gasteiger partial charge in [-0.1, -0.05) is 12.8 Å².